The SMILES string of the molecule is CCC(=O)N1CCC2CCCC(CN(C(=O)CCN(C)c3ccc(F)cc3)Cc3ccccc31)N2CCC(C)C. The van der Waals surface area contributed by atoms with Crippen LogP contribution in [-0.4, -0.2) is 66.9 Å². The summed E-state index contributed by atoms with van der Waals surface area (Å²) in [4.78, 5) is 35.8. The van der Waals surface area contributed by atoms with Gasteiger partial charge in [0.25, 0.3) is 0 Å². The molecule has 4 rings (SSSR count). The van der Waals surface area contributed by atoms with Crippen molar-refractivity contribution in [1.82, 2.24) is 9.80 Å². The molecule has 6 nitrogen and oxygen atoms in total. The van der Waals surface area contributed by atoms with Crippen LogP contribution in [0.3, 0.4) is 0 Å². The molecule has 0 aliphatic carbocycles. The van der Waals surface area contributed by atoms with Crippen LogP contribution in [0, 0.1) is 11.7 Å². The largest absolute Gasteiger partial charge is 0.374 e. The van der Waals surface area contributed by atoms with Crippen molar-refractivity contribution in [2.24, 2.45) is 5.92 Å². The molecular formula is C33H47FN4O2. The lowest BCUT2D eigenvalue weighted by Gasteiger charge is -2.44. The summed E-state index contributed by atoms with van der Waals surface area (Å²) in [6.45, 7) is 9.93. The molecule has 0 saturated carbocycles. The Hall–Kier alpha value is -2.93. The van der Waals surface area contributed by atoms with Gasteiger partial charge in [-0.1, -0.05) is 45.4 Å². The predicted octanol–water partition coefficient (Wildman–Crippen LogP) is 6.10. The first kappa shape index (κ1) is 30.0. The Morgan fingerprint density at radius 2 is 1.73 bits per heavy atom. The average Bonchev–Trinajstić information content (AvgIpc) is 2.96. The molecule has 1 saturated heterocycles. The van der Waals surface area contributed by atoms with E-state index in [9.17, 15) is 14.0 Å². The summed E-state index contributed by atoms with van der Waals surface area (Å²) in [6.07, 6.45) is 6.28. The maximum absolute atomic E-state index is 13.9. The average molecular weight is 551 g/mol. The van der Waals surface area contributed by atoms with Crippen molar-refractivity contribution < 1.29 is 14.0 Å². The standard InChI is InChI=1S/C33H47FN4O2/c1-5-32(39)38-22-18-29-10-8-11-30(37(29)21-17-25(2)3)24-36(23-26-9-6-7-12-31(26)38)33(40)19-20-35(4)28-15-13-27(34)14-16-28/h6-7,9,12-16,25,29-30H,5,8,10-11,17-24H2,1-4H3. The highest BCUT2D eigenvalue weighted by molar-refractivity contribution is 5.94. The minimum Gasteiger partial charge on any atom is -0.374 e. The topological polar surface area (TPSA) is 47.1 Å². The lowest BCUT2D eigenvalue weighted by Crippen LogP contribution is -2.53. The van der Waals surface area contributed by atoms with Crippen molar-refractivity contribution in [3.8, 4) is 0 Å². The van der Waals surface area contributed by atoms with E-state index in [1.54, 1.807) is 12.1 Å². The summed E-state index contributed by atoms with van der Waals surface area (Å²) >= 11 is 0. The van der Waals surface area contributed by atoms with Gasteiger partial charge in [-0.2, -0.15) is 0 Å². The molecule has 2 aliphatic heterocycles. The van der Waals surface area contributed by atoms with E-state index in [2.05, 4.69) is 24.8 Å². The highest BCUT2D eigenvalue weighted by atomic mass is 19.1. The van der Waals surface area contributed by atoms with Crippen LogP contribution in [0.2, 0.25) is 0 Å². The molecule has 2 atom stereocenters. The summed E-state index contributed by atoms with van der Waals surface area (Å²) in [5, 5.41) is 0. The Kier molecular flexibility index (Phi) is 10.6. The molecule has 2 unspecified atom stereocenters. The van der Waals surface area contributed by atoms with Crippen molar-refractivity contribution in [3.63, 3.8) is 0 Å². The number of halogens is 1. The number of hydrogen-bond donors (Lipinski definition) is 0. The molecule has 2 aliphatic rings. The van der Waals surface area contributed by atoms with E-state index < -0.39 is 0 Å². The number of piperidine rings is 1. The minimum absolute atomic E-state index is 0.113. The van der Waals surface area contributed by atoms with Crippen LogP contribution in [0.5, 0.6) is 0 Å². The third-order valence-electron chi connectivity index (χ3n) is 8.62. The number of fused-ring (bicyclic) bond motifs is 3. The van der Waals surface area contributed by atoms with Gasteiger partial charge in [-0.05, 0) is 74.0 Å². The first-order chi connectivity index (χ1) is 19.3. The molecule has 2 aromatic rings. The van der Waals surface area contributed by atoms with E-state index in [0.29, 0.717) is 57.0 Å². The maximum atomic E-state index is 13.9. The van der Waals surface area contributed by atoms with Crippen molar-refractivity contribution in [2.45, 2.75) is 84.3 Å². The van der Waals surface area contributed by atoms with Gasteiger partial charge in [0, 0.05) is 69.5 Å². The van der Waals surface area contributed by atoms with Gasteiger partial charge in [-0.25, -0.2) is 4.39 Å². The molecule has 2 amide bonds. The van der Waals surface area contributed by atoms with Crippen molar-refractivity contribution in [1.29, 1.82) is 0 Å². The third kappa shape index (κ3) is 7.62. The summed E-state index contributed by atoms with van der Waals surface area (Å²) in [7, 11) is 1.94. The van der Waals surface area contributed by atoms with Gasteiger partial charge in [0.1, 0.15) is 5.82 Å². The zero-order valence-corrected chi connectivity index (χ0v) is 24.8. The van der Waals surface area contributed by atoms with Crippen LogP contribution in [0.25, 0.3) is 0 Å². The number of para-hydroxylation sites is 1. The highest BCUT2D eigenvalue weighted by Crippen LogP contribution is 2.31. The Morgan fingerprint density at radius 1 is 1.00 bits per heavy atom. The zero-order valence-electron chi connectivity index (χ0n) is 24.8. The molecule has 40 heavy (non-hydrogen) atoms. The fourth-order valence-corrected chi connectivity index (χ4v) is 6.21. The normalized spacial score (nSPS) is 20.1. The van der Waals surface area contributed by atoms with E-state index in [0.717, 1.165) is 55.6 Å². The van der Waals surface area contributed by atoms with Crippen LogP contribution in [0.1, 0.15) is 71.3 Å². The fourth-order valence-electron chi connectivity index (χ4n) is 6.21. The molecule has 0 N–H and O–H groups in total. The van der Waals surface area contributed by atoms with Crippen molar-refractivity contribution in [2.75, 3.05) is 43.0 Å². The van der Waals surface area contributed by atoms with Crippen LogP contribution >= 0.6 is 0 Å². The number of carbonyl (C=O) groups is 2. The lowest BCUT2D eigenvalue weighted by atomic mass is 9.92. The second-order valence-corrected chi connectivity index (χ2v) is 11.9. The molecular weight excluding hydrogens is 503 g/mol. The monoisotopic (exact) mass is 550 g/mol. The Labute approximate surface area is 240 Å². The summed E-state index contributed by atoms with van der Waals surface area (Å²) in [5.74, 6) is 0.591. The fraction of sp³-hybridized carbons (Fsp3) is 0.576. The van der Waals surface area contributed by atoms with Crippen LogP contribution in [-0.2, 0) is 16.1 Å². The van der Waals surface area contributed by atoms with Crippen molar-refractivity contribution >= 4 is 23.2 Å². The maximum Gasteiger partial charge on any atom is 0.226 e. The van der Waals surface area contributed by atoms with Gasteiger partial charge in [-0.3, -0.25) is 14.5 Å². The molecule has 2 bridgehead atoms. The Morgan fingerprint density at radius 3 is 2.45 bits per heavy atom. The Bertz CT molecular complexity index is 1120. The van der Waals surface area contributed by atoms with E-state index in [1.165, 1.54) is 12.1 Å². The number of nitrogens with zero attached hydrogens (tertiary/aromatic N) is 4. The molecule has 218 valence electrons. The molecule has 0 spiro atoms. The van der Waals surface area contributed by atoms with E-state index >= 15 is 0 Å². The zero-order chi connectivity index (χ0) is 28.6. The molecule has 2 heterocycles. The number of hydrogen-bond acceptors (Lipinski definition) is 4. The highest BCUT2D eigenvalue weighted by Gasteiger charge is 2.34. The second-order valence-electron chi connectivity index (χ2n) is 11.9. The number of benzene rings is 2. The molecule has 2 aromatic carbocycles. The van der Waals surface area contributed by atoms with Gasteiger partial charge in [0.05, 0.1) is 0 Å². The molecule has 0 aromatic heterocycles. The van der Waals surface area contributed by atoms with Crippen LogP contribution < -0.4 is 9.80 Å². The predicted molar refractivity (Wildman–Crippen MR) is 161 cm³/mol. The first-order valence-electron chi connectivity index (χ1n) is 15.1. The summed E-state index contributed by atoms with van der Waals surface area (Å²) < 4.78 is 13.4. The van der Waals surface area contributed by atoms with E-state index in [-0.39, 0.29) is 17.6 Å². The van der Waals surface area contributed by atoms with E-state index in [4.69, 9.17) is 0 Å². The molecule has 1 fully saturated rings. The number of rotatable bonds is 8. The quantitative estimate of drug-likeness (QED) is 0.399. The summed E-state index contributed by atoms with van der Waals surface area (Å²) in [5.41, 5.74) is 2.84. The molecule has 7 heteroatoms. The summed E-state index contributed by atoms with van der Waals surface area (Å²) in [6, 6.07) is 15.2. The van der Waals surface area contributed by atoms with Gasteiger partial charge in [-0.15, -0.1) is 0 Å². The smallest absolute Gasteiger partial charge is 0.226 e. The number of carbonyl (C=O) groups excluding carboxylic acids is 2. The van der Waals surface area contributed by atoms with Gasteiger partial charge in [0.15, 0.2) is 0 Å². The number of anilines is 2. The second kappa shape index (κ2) is 14.1. The molecule has 0 radical (unpaired) electrons. The van der Waals surface area contributed by atoms with Crippen LogP contribution in [0.4, 0.5) is 15.8 Å². The van der Waals surface area contributed by atoms with Gasteiger partial charge in [0.2, 0.25) is 11.8 Å². The van der Waals surface area contributed by atoms with E-state index in [1.807, 2.05) is 46.9 Å². The first-order valence-corrected chi connectivity index (χ1v) is 15.1. The lowest BCUT2D eigenvalue weighted by molar-refractivity contribution is -0.133. The number of amides is 2. The van der Waals surface area contributed by atoms with Crippen molar-refractivity contribution in [3.05, 3.63) is 59.9 Å². The minimum atomic E-state index is -0.265. The van der Waals surface area contributed by atoms with Gasteiger partial charge >= 0.3 is 0 Å². The van der Waals surface area contributed by atoms with Gasteiger partial charge < -0.3 is 14.7 Å². The van der Waals surface area contributed by atoms with Crippen LogP contribution in [0.15, 0.2) is 48.5 Å². The third-order valence-corrected chi connectivity index (χ3v) is 8.62. The Balaban J connectivity index is 1.62.